The number of hydrogen-bond acceptors (Lipinski definition) is 0. The highest BCUT2D eigenvalue weighted by Gasteiger charge is 2.01. The van der Waals surface area contributed by atoms with Crippen molar-refractivity contribution >= 4 is 22.0 Å². The highest BCUT2D eigenvalue weighted by molar-refractivity contribution is 9.09. The van der Waals surface area contributed by atoms with Crippen molar-refractivity contribution in [2.75, 3.05) is 5.33 Å². The van der Waals surface area contributed by atoms with Crippen molar-refractivity contribution in [1.82, 2.24) is 0 Å². The van der Waals surface area contributed by atoms with Crippen LogP contribution in [0, 0.1) is 11.6 Å². The Labute approximate surface area is 90.8 Å². The van der Waals surface area contributed by atoms with Crippen molar-refractivity contribution in [2.45, 2.75) is 13.3 Å². The van der Waals surface area contributed by atoms with Crippen LogP contribution < -0.4 is 0 Å². The van der Waals surface area contributed by atoms with Crippen molar-refractivity contribution in [3.05, 3.63) is 41.0 Å². The van der Waals surface area contributed by atoms with Crippen LogP contribution in [0.25, 0.3) is 6.08 Å². The molecule has 0 aliphatic carbocycles. The van der Waals surface area contributed by atoms with Crippen LogP contribution in [0.3, 0.4) is 0 Å². The van der Waals surface area contributed by atoms with Crippen LogP contribution in [-0.4, -0.2) is 5.33 Å². The molecule has 0 aliphatic rings. The average Bonchev–Trinajstić information content (AvgIpc) is 2.19. The summed E-state index contributed by atoms with van der Waals surface area (Å²) in [5, 5.41) is 0.752. The highest BCUT2D eigenvalue weighted by atomic mass is 79.9. The van der Waals surface area contributed by atoms with E-state index in [-0.39, 0.29) is 0 Å². The number of hydrogen-bond donors (Lipinski definition) is 0. The predicted octanol–water partition coefficient (Wildman–Crippen LogP) is 4.15. The first kappa shape index (κ1) is 11.4. The molecule has 0 bridgehead atoms. The van der Waals surface area contributed by atoms with Crippen LogP contribution in [0.2, 0.25) is 0 Å². The monoisotopic (exact) mass is 260 g/mol. The molecule has 0 heterocycles. The number of rotatable bonds is 3. The maximum atomic E-state index is 12.8. The van der Waals surface area contributed by atoms with E-state index in [0.29, 0.717) is 5.56 Å². The van der Waals surface area contributed by atoms with Gasteiger partial charge in [-0.1, -0.05) is 40.6 Å². The predicted molar refractivity (Wildman–Crippen MR) is 58.4 cm³/mol. The van der Waals surface area contributed by atoms with Crippen LogP contribution in [0.15, 0.2) is 23.8 Å². The van der Waals surface area contributed by atoms with Crippen LogP contribution >= 0.6 is 15.9 Å². The van der Waals surface area contributed by atoms with Crippen LogP contribution in [-0.2, 0) is 0 Å². The lowest BCUT2D eigenvalue weighted by Gasteiger charge is -2.00. The number of halogens is 3. The molecule has 0 aromatic heterocycles. The largest absolute Gasteiger partial charge is 0.204 e. The molecule has 0 radical (unpaired) electrons. The summed E-state index contributed by atoms with van der Waals surface area (Å²) in [7, 11) is 0. The summed E-state index contributed by atoms with van der Waals surface area (Å²) in [5.74, 6) is -1.61. The van der Waals surface area contributed by atoms with E-state index < -0.39 is 11.6 Å². The molecule has 0 saturated heterocycles. The van der Waals surface area contributed by atoms with E-state index in [2.05, 4.69) is 15.9 Å². The molecule has 0 fully saturated rings. The Morgan fingerprint density at radius 2 is 2.07 bits per heavy atom. The molecule has 0 aliphatic heterocycles. The fraction of sp³-hybridized carbons (Fsp3) is 0.273. The molecule has 1 aromatic rings. The first-order valence-corrected chi connectivity index (χ1v) is 5.50. The molecule has 0 amide bonds. The van der Waals surface area contributed by atoms with Crippen LogP contribution in [0.1, 0.15) is 18.9 Å². The normalized spacial score (nSPS) is 11.9. The average molecular weight is 261 g/mol. The van der Waals surface area contributed by atoms with Gasteiger partial charge in [0.05, 0.1) is 0 Å². The topological polar surface area (TPSA) is 0 Å². The van der Waals surface area contributed by atoms with Crippen molar-refractivity contribution in [3.8, 4) is 0 Å². The number of benzene rings is 1. The molecule has 3 heteroatoms. The van der Waals surface area contributed by atoms with Crippen molar-refractivity contribution < 1.29 is 8.78 Å². The maximum Gasteiger partial charge on any atom is 0.159 e. The summed E-state index contributed by atoms with van der Waals surface area (Å²) >= 11 is 3.33. The smallest absolute Gasteiger partial charge is 0.159 e. The first-order chi connectivity index (χ1) is 6.67. The first-order valence-electron chi connectivity index (χ1n) is 4.37. The van der Waals surface area contributed by atoms with E-state index in [4.69, 9.17) is 0 Å². The van der Waals surface area contributed by atoms with Gasteiger partial charge in [0.25, 0.3) is 0 Å². The molecule has 0 saturated carbocycles. The van der Waals surface area contributed by atoms with Gasteiger partial charge in [0.1, 0.15) is 0 Å². The highest BCUT2D eigenvalue weighted by Crippen LogP contribution is 2.14. The second-order valence-corrected chi connectivity index (χ2v) is 3.52. The van der Waals surface area contributed by atoms with Gasteiger partial charge in [-0.05, 0) is 24.1 Å². The summed E-state index contributed by atoms with van der Waals surface area (Å²) in [5.41, 5.74) is 1.84. The molecule has 1 rings (SSSR count). The Morgan fingerprint density at radius 1 is 1.36 bits per heavy atom. The molecule has 0 spiro atoms. The van der Waals surface area contributed by atoms with E-state index >= 15 is 0 Å². The Bertz CT molecular complexity index is 339. The molecular formula is C11H11BrF2. The van der Waals surface area contributed by atoms with Gasteiger partial charge in [0.2, 0.25) is 0 Å². The molecule has 14 heavy (non-hydrogen) atoms. The van der Waals surface area contributed by atoms with Crippen molar-refractivity contribution in [3.63, 3.8) is 0 Å². The van der Waals surface area contributed by atoms with Crippen LogP contribution in [0.5, 0.6) is 0 Å². The lowest BCUT2D eigenvalue weighted by atomic mass is 10.1. The molecule has 76 valence electrons. The maximum absolute atomic E-state index is 12.8. The van der Waals surface area contributed by atoms with Gasteiger partial charge in [0.15, 0.2) is 11.6 Å². The van der Waals surface area contributed by atoms with Crippen molar-refractivity contribution in [2.24, 2.45) is 0 Å². The standard InChI is InChI=1S/C11H11BrF2/c1-2-8(7-12)5-9-3-4-10(13)11(14)6-9/h3-6H,2,7H2,1H3/b8-5-. The minimum absolute atomic E-state index is 0.695. The van der Waals surface area contributed by atoms with E-state index in [9.17, 15) is 8.78 Å². The number of allylic oxidation sites excluding steroid dienone is 1. The molecule has 1 aromatic carbocycles. The molecular weight excluding hydrogens is 250 g/mol. The third-order valence-electron chi connectivity index (χ3n) is 1.94. The second kappa shape index (κ2) is 5.25. The summed E-state index contributed by atoms with van der Waals surface area (Å²) < 4.78 is 25.4. The Balaban J connectivity index is 2.97. The van der Waals surface area contributed by atoms with Gasteiger partial charge in [-0.25, -0.2) is 8.78 Å². The zero-order valence-corrected chi connectivity index (χ0v) is 9.44. The molecule has 0 nitrogen and oxygen atoms in total. The van der Waals surface area contributed by atoms with Gasteiger partial charge in [0, 0.05) is 5.33 Å². The fourth-order valence-electron chi connectivity index (χ4n) is 1.07. The quantitative estimate of drug-likeness (QED) is 0.717. The van der Waals surface area contributed by atoms with Crippen LogP contribution in [0.4, 0.5) is 8.78 Å². The minimum atomic E-state index is -0.806. The van der Waals surface area contributed by atoms with Gasteiger partial charge >= 0.3 is 0 Å². The zero-order chi connectivity index (χ0) is 10.6. The minimum Gasteiger partial charge on any atom is -0.204 e. The zero-order valence-electron chi connectivity index (χ0n) is 7.86. The van der Waals surface area contributed by atoms with Gasteiger partial charge in [-0.2, -0.15) is 0 Å². The Hall–Kier alpha value is -0.700. The molecule has 0 atom stereocenters. The third kappa shape index (κ3) is 2.91. The van der Waals surface area contributed by atoms with Crippen molar-refractivity contribution in [1.29, 1.82) is 0 Å². The lowest BCUT2D eigenvalue weighted by Crippen LogP contribution is -1.86. The second-order valence-electron chi connectivity index (χ2n) is 2.96. The molecule has 0 N–H and O–H groups in total. The lowest BCUT2D eigenvalue weighted by molar-refractivity contribution is 0.508. The number of alkyl halides is 1. The van der Waals surface area contributed by atoms with Gasteiger partial charge in [-0.3, -0.25) is 0 Å². The van der Waals surface area contributed by atoms with E-state index in [1.54, 1.807) is 6.07 Å². The van der Waals surface area contributed by atoms with E-state index in [1.165, 1.54) is 6.07 Å². The third-order valence-corrected chi connectivity index (χ3v) is 2.66. The van der Waals surface area contributed by atoms with Gasteiger partial charge < -0.3 is 0 Å². The summed E-state index contributed by atoms with van der Waals surface area (Å²) in [6.07, 6.45) is 2.75. The molecule has 0 unspecified atom stereocenters. The van der Waals surface area contributed by atoms with E-state index in [1.807, 2.05) is 13.0 Å². The summed E-state index contributed by atoms with van der Waals surface area (Å²) in [6, 6.07) is 3.91. The van der Waals surface area contributed by atoms with E-state index in [0.717, 1.165) is 23.4 Å². The SMILES string of the molecule is CC/C(=C/c1ccc(F)c(F)c1)CBr. The fourth-order valence-corrected chi connectivity index (χ4v) is 1.63. The Kier molecular flexibility index (Phi) is 4.26. The van der Waals surface area contributed by atoms with Gasteiger partial charge in [-0.15, -0.1) is 0 Å². The summed E-state index contributed by atoms with van der Waals surface area (Å²) in [6.45, 7) is 2.02. The Morgan fingerprint density at radius 3 is 2.57 bits per heavy atom. The summed E-state index contributed by atoms with van der Waals surface area (Å²) in [4.78, 5) is 0.